The van der Waals surface area contributed by atoms with E-state index in [0.29, 0.717) is 17.9 Å². The maximum absolute atomic E-state index is 13.5. The zero-order valence-corrected chi connectivity index (χ0v) is 16.5. The van der Waals surface area contributed by atoms with Crippen molar-refractivity contribution in [3.05, 3.63) is 77.7 Å². The average molecular weight is 404 g/mol. The second-order valence-electron chi connectivity index (χ2n) is 7.25. The van der Waals surface area contributed by atoms with Crippen LogP contribution in [0.2, 0.25) is 0 Å². The van der Waals surface area contributed by atoms with Crippen LogP contribution in [0.25, 0.3) is 28.7 Å². The molecular formula is C24H21FN2O3. The number of ether oxygens (including phenoxy) is 1. The highest BCUT2D eigenvalue weighted by atomic mass is 19.1. The number of rotatable bonds is 4. The first kappa shape index (κ1) is 19.9. The number of aryl methyl sites for hydroxylation is 1. The first-order valence-electron chi connectivity index (χ1n) is 9.75. The molecule has 0 unspecified atom stereocenters. The van der Waals surface area contributed by atoms with E-state index >= 15 is 0 Å². The van der Waals surface area contributed by atoms with Gasteiger partial charge in [-0.25, -0.2) is 14.4 Å². The Labute approximate surface area is 173 Å². The van der Waals surface area contributed by atoms with Crippen molar-refractivity contribution >= 4 is 12.0 Å². The van der Waals surface area contributed by atoms with E-state index in [4.69, 9.17) is 9.72 Å². The van der Waals surface area contributed by atoms with Crippen molar-refractivity contribution in [1.29, 1.82) is 0 Å². The van der Waals surface area contributed by atoms with E-state index in [1.807, 2.05) is 37.3 Å². The number of aliphatic hydroxyl groups excluding tert-OH is 1. The predicted molar refractivity (Wildman–Crippen MR) is 112 cm³/mol. The fourth-order valence-corrected chi connectivity index (χ4v) is 3.46. The van der Waals surface area contributed by atoms with Gasteiger partial charge in [0.2, 0.25) is 0 Å². The van der Waals surface area contributed by atoms with E-state index in [9.17, 15) is 14.3 Å². The van der Waals surface area contributed by atoms with Gasteiger partial charge in [-0.15, -0.1) is 0 Å². The SMILES string of the molecule is Cc1nc(-c2ccccc2)nc(-c2ccc(F)cc2)c1/C=C/[C@H]1C[C@H](O)CC(=O)O1. The lowest BCUT2D eigenvalue weighted by atomic mass is 10.0. The van der Waals surface area contributed by atoms with E-state index in [1.54, 1.807) is 24.3 Å². The number of hydrogen-bond donors (Lipinski definition) is 1. The number of esters is 1. The van der Waals surface area contributed by atoms with Gasteiger partial charge in [0.25, 0.3) is 0 Å². The van der Waals surface area contributed by atoms with Gasteiger partial charge in [-0.2, -0.15) is 0 Å². The molecule has 2 atom stereocenters. The molecule has 1 aliphatic rings. The van der Waals surface area contributed by atoms with Gasteiger partial charge in [0.05, 0.1) is 18.2 Å². The molecule has 6 heteroatoms. The fourth-order valence-electron chi connectivity index (χ4n) is 3.46. The molecule has 0 spiro atoms. The zero-order chi connectivity index (χ0) is 21.1. The summed E-state index contributed by atoms with van der Waals surface area (Å²) in [6, 6.07) is 15.8. The third-order valence-electron chi connectivity index (χ3n) is 4.95. The number of carbonyl (C=O) groups is 1. The van der Waals surface area contributed by atoms with E-state index in [-0.39, 0.29) is 12.2 Å². The van der Waals surface area contributed by atoms with Gasteiger partial charge in [0.1, 0.15) is 11.9 Å². The first-order valence-corrected chi connectivity index (χ1v) is 9.75. The van der Waals surface area contributed by atoms with Gasteiger partial charge < -0.3 is 9.84 Å². The standard InChI is InChI=1S/C24H21FN2O3/c1-15-21(12-11-20-13-19(28)14-22(29)30-20)23(16-7-9-18(25)10-8-16)27-24(26-15)17-5-3-2-4-6-17/h2-12,19-20,28H,13-14H2,1H3/b12-11+/t19-,20-/m0/s1. The number of carbonyl (C=O) groups excluding carboxylic acids is 1. The Kier molecular flexibility index (Phi) is 5.68. The highest BCUT2D eigenvalue weighted by Gasteiger charge is 2.25. The molecule has 3 aromatic rings. The lowest BCUT2D eigenvalue weighted by Crippen LogP contribution is -2.31. The minimum atomic E-state index is -0.713. The molecule has 5 nitrogen and oxygen atoms in total. The van der Waals surface area contributed by atoms with Crippen LogP contribution in [-0.4, -0.2) is 33.3 Å². The lowest BCUT2D eigenvalue weighted by Gasteiger charge is -2.23. The number of cyclic esters (lactones) is 1. The predicted octanol–water partition coefficient (Wildman–Crippen LogP) is 4.34. The second kappa shape index (κ2) is 8.55. The summed E-state index contributed by atoms with van der Waals surface area (Å²) in [6.45, 7) is 1.88. The van der Waals surface area contributed by atoms with Crippen LogP contribution in [0.5, 0.6) is 0 Å². The molecule has 1 N–H and O–H groups in total. The van der Waals surface area contributed by atoms with Crippen LogP contribution >= 0.6 is 0 Å². The molecule has 0 radical (unpaired) electrons. The van der Waals surface area contributed by atoms with Crippen LogP contribution < -0.4 is 0 Å². The summed E-state index contributed by atoms with van der Waals surface area (Å²) in [6.07, 6.45) is 2.67. The summed E-state index contributed by atoms with van der Waals surface area (Å²) in [4.78, 5) is 21.0. The smallest absolute Gasteiger partial charge is 0.309 e. The Bertz CT molecular complexity index is 1080. The molecule has 0 aliphatic carbocycles. The second-order valence-corrected chi connectivity index (χ2v) is 7.25. The van der Waals surface area contributed by atoms with Crippen LogP contribution in [-0.2, 0) is 9.53 Å². The van der Waals surface area contributed by atoms with Crippen molar-refractivity contribution in [3.63, 3.8) is 0 Å². The molecule has 1 aliphatic heterocycles. The van der Waals surface area contributed by atoms with Crippen molar-refractivity contribution in [3.8, 4) is 22.6 Å². The summed E-state index contributed by atoms with van der Waals surface area (Å²) in [5.41, 5.74) is 3.77. The topological polar surface area (TPSA) is 72.3 Å². The van der Waals surface area contributed by atoms with Crippen LogP contribution in [0.3, 0.4) is 0 Å². The van der Waals surface area contributed by atoms with E-state index in [0.717, 1.165) is 22.4 Å². The molecule has 2 aromatic carbocycles. The minimum absolute atomic E-state index is 0.0130. The van der Waals surface area contributed by atoms with Crippen molar-refractivity contribution < 1.29 is 19.0 Å². The van der Waals surface area contributed by atoms with Gasteiger partial charge in [-0.3, -0.25) is 4.79 Å². The minimum Gasteiger partial charge on any atom is -0.458 e. The van der Waals surface area contributed by atoms with E-state index in [2.05, 4.69) is 4.98 Å². The highest BCUT2D eigenvalue weighted by Crippen LogP contribution is 2.29. The largest absolute Gasteiger partial charge is 0.458 e. The molecule has 30 heavy (non-hydrogen) atoms. The third-order valence-corrected chi connectivity index (χ3v) is 4.95. The monoisotopic (exact) mass is 404 g/mol. The average Bonchev–Trinajstić information content (AvgIpc) is 2.73. The van der Waals surface area contributed by atoms with E-state index < -0.39 is 18.2 Å². The molecule has 2 heterocycles. The van der Waals surface area contributed by atoms with Gasteiger partial charge >= 0.3 is 5.97 Å². The number of benzene rings is 2. The number of nitrogens with zero attached hydrogens (tertiary/aromatic N) is 2. The quantitative estimate of drug-likeness (QED) is 0.655. The Morgan fingerprint density at radius 1 is 1.07 bits per heavy atom. The van der Waals surface area contributed by atoms with Crippen molar-refractivity contribution in [2.24, 2.45) is 0 Å². The Morgan fingerprint density at radius 3 is 2.50 bits per heavy atom. The van der Waals surface area contributed by atoms with Crippen LogP contribution in [0.15, 0.2) is 60.7 Å². The van der Waals surface area contributed by atoms with Crippen molar-refractivity contribution in [2.45, 2.75) is 32.0 Å². The summed E-state index contributed by atoms with van der Waals surface area (Å²) in [5, 5.41) is 9.83. The molecule has 1 aromatic heterocycles. The number of aliphatic hydroxyl groups is 1. The molecule has 1 fully saturated rings. The summed E-state index contributed by atoms with van der Waals surface area (Å²) < 4.78 is 18.8. The van der Waals surface area contributed by atoms with Crippen LogP contribution in [0.1, 0.15) is 24.1 Å². The normalized spacial score (nSPS) is 19.1. The number of halogens is 1. The Balaban J connectivity index is 1.77. The maximum Gasteiger partial charge on any atom is 0.309 e. The molecule has 4 rings (SSSR count). The van der Waals surface area contributed by atoms with Gasteiger partial charge in [-0.1, -0.05) is 36.4 Å². The Hall–Kier alpha value is -3.38. The molecule has 152 valence electrons. The summed E-state index contributed by atoms with van der Waals surface area (Å²) >= 11 is 0. The van der Waals surface area contributed by atoms with Crippen molar-refractivity contribution in [1.82, 2.24) is 9.97 Å². The maximum atomic E-state index is 13.5. The van der Waals surface area contributed by atoms with Crippen LogP contribution in [0.4, 0.5) is 4.39 Å². The zero-order valence-electron chi connectivity index (χ0n) is 16.5. The van der Waals surface area contributed by atoms with Crippen molar-refractivity contribution in [2.75, 3.05) is 0 Å². The summed E-state index contributed by atoms with van der Waals surface area (Å²) in [5.74, 6) is -0.174. The molecule has 0 bridgehead atoms. The molecular weight excluding hydrogens is 383 g/mol. The highest BCUT2D eigenvalue weighted by molar-refractivity contribution is 5.76. The first-order chi connectivity index (χ1) is 14.5. The third kappa shape index (κ3) is 4.44. The summed E-state index contributed by atoms with van der Waals surface area (Å²) in [7, 11) is 0. The number of aromatic nitrogens is 2. The lowest BCUT2D eigenvalue weighted by molar-refractivity contribution is -0.156. The van der Waals surface area contributed by atoms with Gasteiger partial charge in [-0.05, 0) is 37.3 Å². The van der Waals surface area contributed by atoms with E-state index in [1.165, 1.54) is 12.1 Å². The molecule has 0 amide bonds. The van der Waals surface area contributed by atoms with Gasteiger partial charge in [0, 0.05) is 28.8 Å². The van der Waals surface area contributed by atoms with Gasteiger partial charge in [0.15, 0.2) is 5.82 Å². The fraction of sp³-hybridized carbons (Fsp3) is 0.208. The Morgan fingerprint density at radius 2 is 1.80 bits per heavy atom. The molecule has 1 saturated heterocycles. The number of hydrogen-bond acceptors (Lipinski definition) is 5. The van der Waals surface area contributed by atoms with Crippen LogP contribution in [0, 0.1) is 12.7 Å². The molecule has 0 saturated carbocycles.